The van der Waals surface area contributed by atoms with E-state index in [1.165, 1.54) is 12.8 Å². The third kappa shape index (κ3) is 11.5. The molecule has 4 saturated carbocycles. The Labute approximate surface area is 470 Å². The summed E-state index contributed by atoms with van der Waals surface area (Å²) in [5, 5.41) is 130. The Morgan fingerprint density at radius 3 is 0.688 bits per heavy atom. The van der Waals surface area contributed by atoms with E-state index in [9.17, 15) is 60.0 Å². The fourth-order valence-electron chi connectivity index (χ4n) is 18.6. The van der Waals surface area contributed by atoms with Gasteiger partial charge in [0.15, 0.2) is 0 Å². The van der Waals surface area contributed by atoms with Crippen molar-refractivity contribution in [1.29, 1.82) is 0 Å². The minimum atomic E-state index is -1.96. The maximum Gasteiger partial charge on any atom is 4.00 e. The van der Waals surface area contributed by atoms with E-state index >= 15 is 0 Å². The van der Waals surface area contributed by atoms with Gasteiger partial charge < -0.3 is 60.0 Å². The Bertz CT molecular complexity index is 1930. The monoisotopic (exact) mass is 1120 g/mol. The smallest absolute Gasteiger partial charge is 0.547 e. The molecule has 30 unspecified atom stereocenters. The maximum absolute atomic E-state index is 12.7. The zero-order valence-electron chi connectivity index (χ0n) is 46.5. The van der Waals surface area contributed by atoms with Crippen LogP contribution in [-0.2, 0) is 40.9 Å². The summed E-state index contributed by atoms with van der Waals surface area (Å²) in [5.41, 5.74) is 0. The molecule has 0 aromatic carbocycles. The Morgan fingerprint density at radius 2 is 0.494 bits per heavy atom. The number of aliphatic carboxylic acids is 4. The van der Waals surface area contributed by atoms with Crippen LogP contribution in [0.4, 0.5) is 0 Å². The maximum atomic E-state index is 12.7. The molecule has 5 aliphatic heterocycles. The summed E-state index contributed by atoms with van der Waals surface area (Å²) in [5.74, 6) is -15.2. The van der Waals surface area contributed by atoms with Crippen LogP contribution in [0.15, 0.2) is 0 Å². The number of hydrogen-bond donors (Lipinski definition) is 12. The Balaban J connectivity index is 0.00000784. The van der Waals surface area contributed by atoms with Crippen molar-refractivity contribution in [2.24, 2.45) is 118 Å². The van der Waals surface area contributed by atoms with Crippen LogP contribution in [0.25, 0.3) is 0 Å². The molecule has 0 amide bonds. The first-order chi connectivity index (χ1) is 36.0. The van der Waals surface area contributed by atoms with Crippen LogP contribution >= 0.6 is 0 Å². The average Bonchev–Trinajstić information content (AvgIpc) is 4.25. The Kier molecular flexibility index (Phi) is 19.8. The molecule has 20 nitrogen and oxygen atoms in total. The van der Waals surface area contributed by atoms with Crippen molar-refractivity contribution in [1.82, 2.24) is 42.5 Å². The molecule has 5 heterocycles. The first-order valence-electron chi connectivity index (χ1n) is 29.7. The molecule has 12 N–H and O–H groups in total. The number of rotatable bonds is 16. The topological polar surface area (TPSA) is 338 Å². The number of carboxylic acids is 4. The van der Waals surface area contributed by atoms with Gasteiger partial charge in [-0.2, -0.15) is 0 Å². The van der Waals surface area contributed by atoms with E-state index in [0.29, 0.717) is 23.7 Å². The van der Waals surface area contributed by atoms with E-state index < -0.39 is 143 Å². The van der Waals surface area contributed by atoms with Crippen molar-refractivity contribution in [3.8, 4) is 0 Å². The van der Waals surface area contributed by atoms with Crippen molar-refractivity contribution in [2.75, 3.05) is 0 Å². The predicted octanol–water partition coefficient (Wildman–Crippen LogP) is -2.96. The molecule has 9 aliphatic rings. The molecule has 21 heteroatoms. The zero-order chi connectivity index (χ0) is 54.9. The first-order valence-corrected chi connectivity index (χ1v) is 29.7. The molecule has 0 spiro atoms. The van der Waals surface area contributed by atoms with E-state index in [1.807, 2.05) is 27.7 Å². The number of nitrogens with one attached hydrogen (secondary N) is 8. The largest absolute Gasteiger partial charge is 4.00 e. The number of hydrogen-bond acceptors (Lipinski definition) is 20. The van der Waals surface area contributed by atoms with Crippen molar-refractivity contribution in [3.05, 3.63) is 0 Å². The first kappa shape index (κ1) is 61.2. The molecular formula is C56H92N8O12Ti. The van der Waals surface area contributed by atoms with Crippen molar-refractivity contribution in [2.45, 2.75) is 206 Å². The molecule has 0 aromatic rings. The standard InChI is InChI=1S/C56H96N8O12.Ti/c1-21(25(5)41(65)53(69)70)35-36(22(2)26(6)42(66)54(71)72)38(24(4)28(8)44(68)56(75)76)40-39(37(35)23(3)27(7)43(67)55(73)74)51-62-49-33-19-13-11-17-31(33)47(60-49)58-45-29-15-9-10-16-30(29)46(57-45)59-48-32-18-12-14-20-34(32)50(61-48)63-52(40)64-51;/h21-52,57-68H,9-20H2,1-8H3,(H,69,70)(H,71,72)(H,73,74)(H,75,76);/q;+4/p-4/t21?,22?,23-,24?,25?,26?,27-,28?,29?,30?,31?,32?,33?,34?,35?,36?,37?,38?,39?,40?,41?,42?,43?,44?,45?,46?,47?,48?,49?,50?,51?,52?;/m1./s1. The van der Waals surface area contributed by atoms with Crippen molar-refractivity contribution < 1.29 is 81.7 Å². The van der Waals surface area contributed by atoms with E-state index in [0.717, 1.165) is 64.2 Å². The van der Waals surface area contributed by atoms with Crippen LogP contribution in [0.3, 0.4) is 0 Å². The third-order valence-electron chi connectivity index (χ3n) is 23.2. The van der Waals surface area contributed by atoms with E-state index in [4.69, 9.17) is 0 Å². The second kappa shape index (κ2) is 24.9. The predicted molar refractivity (Wildman–Crippen MR) is 270 cm³/mol. The molecule has 5 saturated heterocycles. The van der Waals surface area contributed by atoms with Crippen LogP contribution in [0, 0.1) is 118 Å². The molecular weight excluding hydrogens is 1020 g/mol. The third-order valence-corrected chi connectivity index (χ3v) is 23.2. The van der Waals surface area contributed by atoms with Gasteiger partial charge in [0.05, 0.1) is 97.6 Å². The van der Waals surface area contributed by atoms with Gasteiger partial charge in [0.2, 0.25) is 0 Å². The van der Waals surface area contributed by atoms with Crippen LogP contribution in [-0.4, -0.2) is 118 Å². The molecule has 432 valence electrons. The summed E-state index contributed by atoms with van der Waals surface area (Å²) in [6.07, 6.45) is 3.83. The number of carbonyl (C=O) groups is 4. The summed E-state index contributed by atoms with van der Waals surface area (Å²) in [7, 11) is 0. The van der Waals surface area contributed by atoms with Gasteiger partial charge in [-0.3, -0.25) is 42.5 Å². The van der Waals surface area contributed by atoms with Gasteiger partial charge in [-0.25, -0.2) is 0 Å². The molecule has 0 aromatic heterocycles. The van der Waals surface area contributed by atoms with Crippen LogP contribution in [0.2, 0.25) is 0 Å². The van der Waals surface area contributed by atoms with E-state index in [-0.39, 0.29) is 70.5 Å². The summed E-state index contributed by atoms with van der Waals surface area (Å²) in [4.78, 5) is 50.8. The summed E-state index contributed by atoms with van der Waals surface area (Å²) < 4.78 is 0. The minimum absolute atomic E-state index is 0. The van der Waals surface area contributed by atoms with Crippen molar-refractivity contribution >= 4 is 23.9 Å². The average molecular weight is 1120 g/mol. The SMILES string of the molecule is CC(C(O)C(=O)[O-])C(C)C1C2C3NC4NC(NC5NC(NC6NC(NC(N3)C2C([C@H](C)[C@@H](C)C(O)C(=O)[O-])C(C(C)C(C)C(O)C(=O)[O-])C1C(C)C(C)C(O)C(=O)[O-])C1CCCCC61)C1CCCCC51)C1CCCCC41.[Ti+4]. The Hall–Kier alpha value is -1.89. The zero-order valence-corrected chi connectivity index (χ0v) is 48.1. The fourth-order valence-corrected chi connectivity index (χ4v) is 18.6. The van der Waals surface area contributed by atoms with Crippen LogP contribution in [0.1, 0.15) is 132 Å². The van der Waals surface area contributed by atoms with E-state index in [2.05, 4.69) is 42.5 Å². The van der Waals surface area contributed by atoms with Gasteiger partial charge in [0.25, 0.3) is 0 Å². The second-order valence-electron chi connectivity index (χ2n) is 26.4. The van der Waals surface area contributed by atoms with Gasteiger partial charge in [-0.1, -0.05) is 93.9 Å². The van der Waals surface area contributed by atoms with Crippen LogP contribution in [0.5, 0.6) is 0 Å². The van der Waals surface area contributed by atoms with Gasteiger partial charge in [-0.15, -0.1) is 0 Å². The quantitative estimate of drug-likeness (QED) is 0.0687. The van der Waals surface area contributed by atoms with Gasteiger partial charge >= 0.3 is 21.7 Å². The number of aliphatic hydroxyl groups excluding tert-OH is 4. The summed E-state index contributed by atoms with van der Waals surface area (Å²) in [6, 6.07) is 0. The molecule has 32 atom stereocenters. The Morgan fingerprint density at radius 1 is 0.325 bits per heavy atom. The molecule has 0 radical (unpaired) electrons. The van der Waals surface area contributed by atoms with Crippen LogP contribution < -0.4 is 63.0 Å². The molecule has 4 aliphatic carbocycles. The van der Waals surface area contributed by atoms with Gasteiger partial charge in [-0.05, 0) is 157 Å². The van der Waals surface area contributed by atoms with Gasteiger partial charge in [0, 0.05) is 0 Å². The summed E-state index contributed by atoms with van der Waals surface area (Å²) >= 11 is 0. The molecule has 8 bridgehead atoms. The minimum Gasteiger partial charge on any atom is -0.547 e. The number of carbonyl (C=O) groups excluding carboxylic acids is 4. The van der Waals surface area contributed by atoms with Gasteiger partial charge in [0.1, 0.15) is 0 Å². The number of aliphatic hydroxyl groups is 4. The summed E-state index contributed by atoms with van der Waals surface area (Å²) in [6.45, 7) is 14.0. The number of fused-ring (bicyclic) bond motifs is 20. The van der Waals surface area contributed by atoms with E-state index in [1.54, 1.807) is 27.7 Å². The molecule has 77 heavy (non-hydrogen) atoms. The number of carboxylic acid groups (broad SMARTS) is 4. The second-order valence-corrected chi connectivity index (χ2v) is 26.4. The fraction of sp³-hybridized carbons (Fsp3) is 0.929. The van der Waals surface area contributed by atoms with Crippen molar-refractivity contribution in [3.63, 3.8) is 0 Å². The molecule has 9 fully saturated rings. The molecule has 9 rings (SSSR count). The normalized spacial score (nSPS) is 44.3.